The van der Waals surface area contributed by atoms with E-state index in [-0.39, 0.29) is 6.04 Å². The van der Waals surface area contributed by atoms with Crippen molar-refractivity contribution in [2.24, 2.45) is 5.92 Å². The molecule has 1 saturated carbocycles. The van der Waals surface area contributed by atoms with E-state index < -0.39 is 5.97 Å². The molecule has 1 aliphatic heterocycles. The summed E-state index contributed by atoms with van der Waals surface area (Å²) in [6.45, 7) is 2.02. The van der Waals surface area contributed by atoms with Gasteiger partial charge in [-0.15, -0.1) is 0 Å². The van der Waals surface area contributed by atoms with Gasteiger partial charge >= 0.3 is 5.97 Å². The van der Waals surface area contributed by atoms with E-state index in [4.69, 9.17) is 0 Å². The van der Waals surface area contributed by atoms with Gasteiger partial charge in [0.05, 0.1) is 0 Å². The lowest BCUT2D eigenvalue weighted by atomic mass is 9.85. The average Bonchev–Trinajstić information content (AvgIpc) is 2.36. The minimum Gasteiger partial charge on any atom is -0.480 e. The molecule has 2 rings (SSSR count). The van der Waals surface area contributed by atoms with Crippen LogP contribution in [0.5, 0.6) is 0 Å². The van der Waals surface area contributed by atoms with Gasteiger partial charge in [-0.25, -0.2) is 0 Å². The molecule has 1 unspecified atom stereocenters. The topological polar surface area (TPSA) is 40.5 Å². The molecular weight excluding hydrogens is 190 g/mol. The Morgan fingerprint density at radius 2 is 1.93 bits per heavy atom. The highest BCUT2D eigenvalue weighted by molar-refractivity contribution is 5.73. The normalized spacial score (nSPS) is 29.5. The Morgan fingerprint density at radius 3 is 2.53 bits per heavy atom. The van der Waals surface area contributed by atoms with Gasteiger partial charge in [-0.05, 0) is 38.1 Å². The highest BCUT2D eigenvalue weighted by Gasteiger charge is 2.30. The standard InChI is InChI=1S/C12H21NO2/c14-12(15)11-7-2-1-3-8-13(11)9-10-5-4-6-10/h10-11H,1-9H2,(H,14,15). The molecule has 86 valence electrons. The molecular formula is C12H21NO2. The zero-order chi connectivity index (χ0) is 10.7. The largest absolute Gasteiger partial charge is 0.480 e. The molecule has 0 aromatic carbocycles. The number of carbonyl (C=O) groups is 1. The van der Waals surface area contributed by atoms with Crippen molar-refractivity contribution in [1.82, 2.24) is 4.90 Å². The Kier molecular flexibility index (Phi) is 3.62. The van der Waals surface area contributed by atoms with Crippen molar-refractivity contribution in [3.05, 3.63) is 0 Å². The van der Waals surface area contributed by atoms with Crippen LogP contribution in [0.2, 0.25) is 0 Å². The van der Waals surface area contributed by atoms with Gasteiger partial charge in [-0.3, -0.25) is 9.69 Å². The molecule has 2 aliphatic rings. The van der Waals surface area contributed by atoms with Crippen molar-refractivity contribution >= 4 is 5.97 Å². The molecule has 1 saturated heterocycles. The zero-order valence-corrected chi connectivity index (χ0v) is 9.32. The van der Waals surface area contributed by atoms with Gasteiger partial charge in [0.15, 0.2) is 0 Å². The molecule has 3 nitrogen and oxygen atoms in total. The van der Waals surface area contributed by atoms with Crippen molar-refractivity contribution in [2.45, 2.75) is 51.0 Å². The smallest absolute Gasteiger partial charge is 0.320 e. The molecule has 0 bridgehead atoms. The lowest BCUT2D eigenvalue weighted by Crippen LogP contribution is -2.44. The third-order valence-electron chi connectivity index (χ3n) is 3.87. The van der Waals surface area contributed by atoms with Crippen LogP contribution in [0.15, 0.2) is 0 Å². The van der Waals surface area contributed by atoms with Crippen LogP contribution < -0.4 is 0 Å². The van der Waals surface area contributed by atoms with Crippen LogP contribution in [0.1, 0.15) is 44.9 Å². The van der Waals surface area contributed by atoms with Crippen LogP contribution in [-0.2, 0) is 4.79 Å². The first-order valence-corrected chi connectivity index (χ1v) is 6.24. The quantitative estimate of drug-likeness (QED) is 0.777. The number of nitrogens with zero attached hydrogens (tertiary/aromatic N) is 1. The van der Waals surface area contributed by atoms with Gasteiger partial charge in [-0.1, -0.05) is 19.3 Å². The molecule has 1 atom stereocenters. The lowest BCUT2D eigenvalue weighted by Gasteiger charge is -2.34. The monoisotopic (exact) mass is 211 g/mol. The predicted molar refractivity (Wildman–Crippen MR) is 58.8 cm³/mol. The number of carboxylic acids is 1. The first kappa shape index (κ1) is 10.9. The Morgan fingerprint density at radius 1 is 1.13 bits per heavy atom. The Hall–Kier alpha value is -0.570. The van der Waals surface area contributed by atoms with Crippen molar-refractivity contribution in [3.63, 3.8) is 0 Å². The van der Waals surface area contributed by atoms with E-state index >= 15 is 0 Å². The van der Waals surface area contributed by atoms with Gasteiger partial charge < -0.3 is 5.11 Å². The SMILES string of the molecule is O=C(O)C1CCCCCN1CC1CCC1. The van der Waals surface area contributed by atoms with Crippen molar-refractivity contribution < 1.29 is 9.90 Å². The lowest BCUT2D eigenvalue weighted by molar-refractivity contribution is -0.143. The number of likely N-dealkylation sites (tertiary alicyclic amines) is 1. The van der Waals surface area contributed by atoms with Crippen LogP contribution in [0, 0.1) is 5.92 Å². The van der Waals surface area contributed by atoms with E-state index in [0.29, 0.717) is 0 Å². The molecule has 0 spiro atoms. The second-order valence-electron chi connectivity index (χ2n) is 5.00. The minimum absolute atomic E-state index is 0.201. The van der Waals surface area contributed by atoms with Crippen molar-refractivity contribution in [2.75, 3.05) is 13.1 Å². The highest BCUT2D eigenvalue weighted by Crippen LogP contribution is 2.29. The number of hydrogen-bond acceptors (Lipinski definition) is 2. The van der Waals surface area contributed by atoms with Gasteiger partial charge in [-0.2, -0.15) is 0 Å². The van der Waals surface area contributed by atoms with Crippen LogP contribution in [0.25, 0.3) is 0 Å². The fourth-order valence-corrected chi connectivity index (χ4v) is 2.67. The summed E-state index contributed by atoms with van der Waals surface area (Å²) >= 11 is 0. The number of carboxylic acid groups (broad SMARTS) is 1. The summed E-state index contributed by atoms with van der Waals surface area (Å²) in [5.41, 5.74) is 0. The molecule has 1 N–H and O–H groups in total. The summed E-state index contributed by atoms with van der Waals surface area (Å²) in [4.78, 5) is 13.4. The maximum absolute atomic E-state index is 11.2. The van der Waals surface area contributed by atoms with Crippen molar-refractivity contribution in [3.8, 4) is 0 Å². The van der Waals surface area contributed by atoms with Gasteiger partial charge in [0.1, 0.15) is 6.04 Å². The number of hydrogen-bond donors (Lipinski definition) is 1. The van der Waals surface area contributed by atoms with Crippen LogP contribution in [-0.4, -0.2) is 35.1 Å². The van der Waals surface area contributed by atoms with Gasteiger partial charge in [0, 0.05) is 6.54 Å². The second-order valence-corrected chi connectivity index (χ2v) is 5.00. The first-order chi connectivity index (χ1) is 7.27. The fourth-order valence-electron chi connectivity index (χ4n) is 2.67. The van der Waals surface area contributed by atoms with Gasteiger partial charge in [0.25, 0.3) is 0 Å². The maximum Gasteiger partial charge on any atom is 0.320 e. The van der Waals surface area contributed by atoms with E-state index in [1.54, 1.807) is 0 Å². The summed E-state index contributed by atoms with van der Waals surface area (Å²) in [5, 5.41) is 9.20. The summed E-state index contributed by atoms with van der Waals surface area (Å²) in [6.07, 6.45) is 8.27. The van der Waals surface area contributed by atoms with Crippen LogP contribution in [0.3, 0.4) is 0 Å². The van der Waals surface area contributed by atoms with Crippen molar-refractivity contribution in [1.29, 1.82) is 0 Å². The van der Waals surface area contributed by atoms with E-state index in [9.17, 15) is 9.90 Å². The summed E-state index contributed by atoms with van der Waals surface area (Å²) in [7, 11) is 0. The van der Waals surface area contributed by atoms with E-state index in [1.807, 2.05) is 0 Å². The third-order valence-corrected chi connectivity index (χ3v) is 3.87. The first-order valence-electron chi connectivity index (χ1n) is 6.24. The van der Waals surface area contributed by atoms with Crippen LogP contribution in [0.4, 0.5) is 0 Å². The molecule has 15 heavy (non-hydrogen) atoms. The molecule has 1 heterocycles. The molecule has 2 fully saturated rings. The molecule has 1 aliphatic carbocycles. The van der Waals surface area contributed by atoms with E-state index in [2.05, 4.69) is 4.90 Å². The minimum atomic E-state index is -0.615. The second kappa shape index (κ2) is 4.97. The average molecular weight is 211 g/mol. The summed E-state index contributed by atoms with van der Waals surface area (Å²) in [6, 6.07) is -0.201. The highest BCUT2D eigenvalue weighted by atomic mass is 16.4. The Balaban J connectivity index is 1.92. The number of aliphatic carboxylic acids is 1. The molecule has 3 heteroatoms. The summed E-state index contributed by atoms with van der Waals surface area (Å²) < 4.78 is 0. The van der Waals surface area contributed by atoms with E-state index in [1.165, 1.54) is 32.1 Å². The molecule has 0 aromatic heterocycles. The zero-order valence-electron chi connectivity index (χ0n) is 9.32. The Labute approximate surface area is 91.5 Å². The Bertz CT molecular complexity index is 226. The molecule has 0 aromatic rings. The maximum atomic E-state index is 11.2. The van der Waals surface area contributed by atoms with Crippen LogP contribution >= 0.6 is 0 Å². The number of rotatable bonds is 3. The fraction of sp³-hybridized carbons (Fsp3) is 0.917. The molecule has 0 amide bonds. The third kappa shape index (κ3) is 2.71. The molecule has 0 radical (unpaired) electrons. The summed E-state index contributed by atoms with van der Waals surface area (Å²) in [5.74, 6) is 0.168. The van der Waals surface area contributed by atoms with E-state index in [0.717, 1.165) is 31.8 Å². The predicted octanol–water partition coefficient (Wildman–Crippen LogP) is 2.12. The van der Waals surface area contributed by atoms with Gasteiger partial charge in [0.2, 0.25) is 0 Å².